The number of carbonyl (C=O) groups is 1. The number of carbonyl (C=O) groups excluding carboxylic acids is 1. The Bertz CT molecular complexity index is 326. The highest BCUT2D eigenvalue weighted by Gasteiger charge is 2.23. The molecule has 112 valence electrons. The Labute approximate surface area is 118 Å². The third-order valence-corrected chi connectivity index (χ3v) is 3.04. The van der Waals surface area contributed by atoms with Crippen LogP contribution in [0.1, 0.15) is 61.8 Å². The number of nitrogens with one attached hydrogen (secondary N) is 1. The van der Waals surface area contributed by atoms with Crippen LogP contribution >= 0.6 is 0 Å². The van der Waals surface area contributed by atoms with Gasteiger partial charge in [0.1, 0.15) is 0 Å². The molecule has 0 heterocycles. The first-order chi connectivity index (χ1) is 8.49. The Hall–Kier alpha value is -1.06. The lowest BCUT2D eigenvalue weighted by atomic mass is 9.84. The summed E-state index contributed by atoms with van der Waals surface area (Å²) in [5, 5.41) is 7.06. The third-order valence-electron chi connectivity index (χ3n) is 3.04. The number of hydrogen-bond acceptors (Lipinski definition) is 3. The fourth-order valence-corrected chi connectivity index (χ4v) is 1.77. The van der Waals surface area contributed by atoms with E-state index in [1.807, 2.05) is 20.8 Å². The van der Waals surface area contributed by atoms with Gasteiger partial charge in [0.15, 0.2) is 6.61 Å². The van der Waals surface area contributed by atoms with Gasteiger partial charge in [0.2, 0.25) is 0 Å². The Morgan fingerprint density at radius 3 is 2.11 bits per heavy atom. The molecule has 0 bridgehead atoms. The third kappa shape index (κ3) is 7.19. The van der Waals surface area contributed by atoms with E-state index in [1.54, 1.807) is 0 Å². The fraction of sp³-hybridized carbons (Fsp3) is 0.867. The van der Waals surface area contributed by atoms with Crippen LogP contribution in [0.2, 0.25) is 0 Å². The predicted molar refractivity (Wildman–Crippen MR) is 80.2 cm³/mol. The molecule has 0 radical (unpaired) electrons. The molecule has 19 heavy (non-hydrogen) atoms. The zero-order valence-corrected chi connectivity index (χ0v) is 13.8. The molecule has 0 unspecified atom stereocenters. The molecule has 0 fully saturated rings. The smallest absolute Gasteiger partial charge is 0.261 e. The van der Waals surface area contributed by atoms with Crippen molar-refractivity contribution in [3.8, 4) is 0 Å². The van der Waals surface area contributed by atoms with Crippen molar-refractivity contribution in [2.75, 3.05) is 6.61 Å². The first-order valence-corrected chi connectivity index (χ1v) is 7.01. The lowest BCUT2D eigenvalue weighted by molar-refractivity contribution is -0.127. The first kappa shape index (κ1) is 17.9. The van der Waals surface area contributed by atoms with Crippen molar-refractivity contribution in [3.63, 3.8) is 0 Å². The molecule has 0 atom stereocenters. The number of oxime groups is 1. The second-order valence-electron chi connectivity index (χ2n) is 6.94. The van der Waals surface area contributed by atoms with Gasteiger partial charge in [-0.1, -0.05) is 46.7 Å². The van der Waals surface area contributed by atoms with E-state index in [0.717, 1.165) is 12.1 Å². The molecule has 0 rings (SSSR count). The summed E-state index contributed by atoms with van der Waals surface area (Å²) in [6.07, 6.45) is 0.876. The van der Waals surface area contributed by atoms with E-state index in [1.165, 1.54) is 0 Å². The zero-order chi connectivity index (χ0) is 15.3. The normalized spacial score (nSPS) is 13.6. The summed E-state index contributed by atoms with van der Waals surface area (Å²) < 4.78 is 0. The molecule has 0 aliphatic carbocycles. The van der Waals surface area contributed by atoms with Crippen LogP contribution in [-0.4, -0.2) is 23.8 Å². The minimum atomic E-state index is -0.199. The Morgan fingerprint density at radius 1 is 1.21 bits per heavy atom. The Kier molecular flexibility index (Phi) is 6.53. The summed E-state index contributed by atoms with van der Waals surface area (Å²) in [7, 11) is 0. The Balaban J connectivity index is 4.45. The first-order valence-electron chi connectivity index (χ1n) is 7.01. The summed E-state index contributed by atoms with van der Waals surface area (Å²) in [6, 6.07) is 0. The van der Waals surface area contributed by atoms with Gasteiger partial charge in [-0.05, 0) is 26.2 Å². The van der Waals surface area contributed by atoms with Gasteiger partial charge in [-0.3, -0.25) is 4.79 Å². The Morgan fingerprint density at radius 2 is 1.74 bits per heavy atom. The molecule has 0 spiro atoms. The maximum Gasteiger partial charge on any atom is 0.261 e. The van der Waals surface area contributed by atoms with Crippen LogP contribution in [0.15, 0.2) is 5.16 Å². The van der Waals surface area contributed by atoms with E-state index >= 15 is 0 Å². The van der Waals surface area contributed by atoms with Crippen molar-refractivity contribution in [2.24, 2.45) is 16.5 Å². The van der Waals surface area contributed by atoms with E-state index in [0.29, 0.717) is 5.92 Å². The van der Waals surface area contributed by atoms with E-state index in [2.05, 4.69) is 45.1 Å². The van der Waals surface area contributed by atoms with Crippen LogP contribution in [0.25, 0.3) is 0 Å². The molecule has 0 aromatic rings. The lowest BCUT2D eigenvalue weighted by Crippen LogP contribution is -2.44. The number of rotatable bonds is 6. The quantitative estimate of drug-likeness (QED) is 0.594. The standard InChI is InChI=1S/C15H30N2O2/c1-9-15(7,8)16-12(18)10-19-17-13(11(2)3)14(4,5)6/h11H,9-10H2,1-8H3,(H,16,18)/b17-13+. The van der Waals surface area contributed by atoms with Crippen LogP contribution in [0.5, 0.6) is 0 Å². The fourth-order valence-electron chi connectivity index (χ4n) is 1.77. The molecule has 0 aliphatic rings. The maximum atomic E-state index is 11.7. The summed E-state index contributed by atoms with van der Waals surface area (Å²) in [5.41, 5.74) is 0.720. The van der Waals surface area contributed by atoms with Gasteiger partial charge in [-0.15, -0.1) is 0 Å². The summed E-state index contributed by atoms with van der Waals surface area (Å²) >= 11 is 0. The minimum Gasteiger partial charge on any atom is -0.386 e. The summed E-state index contributed by atoms with van der Waals surface area (Å²) in [6.45, 7) is 16.4. The van der Waals surface area contributed by atoms with E-state index in [-0.39, 0.29) is 23.5 Å². The molecule has 0 aromatic carbocycles. The van der Waals surface area contributed by atoms with Crippen molar-refractivity contribution < 1.29 is 9.63 Å². The van der Waals surface area contributed by atoms with Crippen LogP contribution < -0.4 is 5.32 Å². The highest BCUT2D eigenvalue weighted by atomic mass is 16.6. The molecule has 1 amide bonds. The van der Waals surface area contributed by atoms with Crippen molar-refractivity contribution >= 4 is 11.6 Å². The maximum absolute atomic E-state index is 11.7. The molecule has 1 N–H and O–H groups in total. The SMILES string of the molecule is CCC(C)(C)NC(=O)CO/N=C(\C(C)C)C(C)(C)C. The van der Waals surface area contributed by atoms with Crippen LogP contribution in [0.3, 0.4) is 0 Å². The largest absolute Gasteiger partial charge is 0.386 e. The van der Waals surface area contributed by atoms with E-state index in [9.17, 15) is 4.79 Å². The van der Waals surface area contributed by atoms with Gasteiger partial charge in [0, 0.05) is 11.0 Å². The highest BCUT2D eigenvalue weighted by Crippen LogP contribution is 2.21. The van der Waals surface area contributed by atoms with Gasteiger partial charge >= 0.3 is 0 Å². The molecule has 4 heteroatoms. The predicted octanol–water partition coefficient (Wildman–Crippen LogP) is 3.37. The topological polar surface area (TPSA) is 50.7 Å². The van der Waals surface area contributed by atoms with E-state index in [4.69, 9.17) is 4.84 Å². The van der Waals surface area contributed by atoms with Gasteiger partial charge in [-0.2, -0.15) is 0 Å². The van der Waals surface area contributed by atoms with Gasteiger partial charge in [0.05, 0.1) is 5.71 Å². The van der Waals surface area contributed by atoms with Crippen molar-refractivity contribution in [1.82, 2.24) is 5.32 Å². The summed E-state index contributed by atoms with van der Waals surface area (Å²) in [5.74, 6) is 0.169. The minimum absolute atomic E-state index is 0.0320. The second-order valence-corrected chi connectivity index (χ2v) is 6.94. The number of nitrogens with zero attached hydrogens (tertiary/aromatic N) is 1. The molecule has 0 aliphatic heterocycles. The van der Waals surface area contributed by atoms with Gasteiger partial charge in [-0.25, -0.2) is 0 Å². The molecule has 4 nitrogen and oxygen atoms in total. The monoisotopic (exact) mass is 270 g/mol. The van der Waals surface area contributed by atoms with Crippen LogP contribution in [0.4, 0.5) is 0 Å². The zero-order valence-electron chi connectivity index (χ0n) is 13.8. The molecule has 0 saturated carbocycles. The number of hydrogen-bond donors (Lipinski definition) is 1. The van der Waals surface area contributed by atoms with Crippen molar-refractivity contribution in [3.05, 3.63) is 0 Å². The second kappa shape index (κ2) is 6.92. The van der Waals surface area contributed by atoms with Crippen molar-refractivity contribution in [1.29, 1.82) is 0 Å². The number of amides is 1. The molecular formula is C15H30N2O2. The lowest BCUT2D eigenvalue weighted by Gasteiger charge is -2.25. The van der Waals surface area contributed by atoms with E-state index < -0.39 is 0 Å². The average molecular weight is 270 g/mol. The van der Waals surface area contributed by atoms with Gasteiger partial charge < -0.3 is 10.2 Å². The molecule has 0 aromatic heterocycles. The average Bonchev–Trinajstić information content (AvgIpc) is 2.21. The summed E-state index contributed by atoms with van der Waals surface area (Å²) in [4.78, 5) is 16.9. The van der Waals surface area contributed by atoms with Crippen molar-refractivity contribution in [2.45, 2.75) is 67.3 Å². The molecular weight excluding hydrogens is 240 g/mol. The van der Waals surface area contributed by atoms with Crippen LogP contribution in [-0.2, 0) is 9.63 Å². The van der Waals surface area contributed by atoms with Crippen LogP contribution in [0, 0.1) is 11.3 Å². The highest BCUT2D eigenvalue weighted by molar-refractivity contribution is 5.90. The molecule has 0 saturated heterocycles. The van der Waals surface area contributed by atoms with Gasteiger partial charge in [0.25, 0.3) is 5.91 Å².